The summed E-state index contributed by atoms with van der Waals surface area (Å²) in [6, 6.07) is 10.6. The smallest absolute Gasteiger partial charge is 0.121 e. The van der Waals surface area contributed by atoms with Crippen LogP contribution in [-0.2, 0) is 19.6 Å². The Morgan fingerprint density at radius 2 is 2.05 bits per heavy atom. The number of thioether (sulfide) groups is 1. The average Bonchev–Trinajstić information content (AvgIpc) is 2.98. The normalized spacial score (nSPS) is 16.5. The molecule has 1 aromatic carbocycles. The minimum atomic E-state index is -0.884. The molecule has 1 aromatic heterocycles. The Labute approximate surface area is 134 Å². The van der Waals surface area contributed by atoms with Crippen molar-refractivity contribution in [3.8, 4) is 0 Å². The lowest BCUT2D eigenvalue weighted by molar-refractivity contribution is 0.0915. The fraction of sp³-hybridized carbons (Fsp3) is 0.438. The van der Waals surface area contributed by atoms with E-state index in [1.807, 2.05) is 10.7 Å². The van der Waals surface area contributed by atoms with Gasteiger partial charge in [0.2, 0.25) is 0 Å². The number of aromatic nitrogens is 2. The summed E-state index contributed by atoms with van der Waals surface area (Å²) in [6.45, 7) is 3.19. The zero-order valence-electron chi connectivity index (χ0n) is 12.6. The Bertz CT molecular complexity index is 627. The van der Waals surface area contributed by atoms with Gasteiger partial charge in [0, 0.05) is 24.5 Å². The predicted octanol–water partition coefficient (Wildman–Crippen LogP) is 1.65. The van der Waals surface area contributed by atoms with Crippen LogP contribution >= 0.6 is 11.8 Å². The predicted molar refractivity (Wildman–Crippen MR) is 86.6 cm³/mol. The number of aliphatic hydroxyl groups is 2. The first-order valence-electron chi connectivity index (χ1n) is 7.40. The first kappa shape index (κ1) is 15.6. The van der Waals surface area contributed by atoms with E-state index in [-0.39, 0.29) is 6.61 Å². The van der Waals surface area contributed by atoms with Crippen LogP contribution in [0.25, 0.3) is 0 Å². The SMILES string of the molecule is CSc1ccc(CN2CCn3nc([C@H](O)CO)cc3C2)cc1. The van der Waals surface area contributed by atoms with E-state index in [1.165, 1.54) is 10.5 Å². The zero-order valence-corrected chi connectivity index (χ0v) is 13.5. The molecule has 1 atom stereocenters. The molecule has 0 saturated carbocycles. The molecule has 1 aliphatic rings. The fourth-order valence-electron chi connectivity index (χ4n) is 2.72. The largest absolute Gasteiger partial charge is 0.393 e. The summed E-state index contributed by atoms with van der Waals surface area (Å²) < 4.78 is 1.93. The summed E-state index contributed by atoms with van der Waals surface area (Å²) in [6.07, 6.45) is 1.20. The van der Waals surface area contributed by atoms with Gasteiger partial charge in [0.05, 0.1) is 24.5 Å². The van der Waals surface area contributed by atoms with Gasteiger partial charge in [-0.25, -0.2) is 0 Å². The van der Waals surface area contributed by atoms with Gasteiger partial charge in [-0.3, -0.25) is 9.58 Å². The van der Waals surface area contributed by atoms with Crippen molar-refractivity contribution >= 4 is 11.8 Å². The number of benzene rings is 1. The molecule has 6 heteroatoms. The van der Waals surface area contributed by atoms with Crippen LogP contribution in [-0.4, -0.2) is 44.3 Å². The molecule has 0 saturated heterocycles. The number of hydrogen-bond donors (Lipinski definition) is 2. The zero-order chi connectivity index (χ0) is 15.5. The van der Waals surface area contributed by atoms with Crippen molar-refractivity contribution in [3.63, 3.8) is 0 Å². The summed E-state index contributed by atoms with van der Waals surface area (Å²) >= 11 is 1.75. The third-order valence-corrected chi connectivity index (χ3v) is 4.72. The molecule has 5 nitrogen and oxygen atoms in total. The monoisotopic (exact) mass is 319 g/mol. The van der Waals surface area contributed by atoms with Crippen LogP contribution in [0.1, 0.15) is 23.1 Å². The van der Waals surface area contributed by atoms with Gasteiger partial charge >= 0.3 is 0 Å². The first-order valence-corrected chi connectivity index (χ1v) is 8.63. The topological polar surface area (TPSA) is 61.5 Å². The van der Waals surface area contributed by atoms with Crippen molar-refractivity contribution in [2.75, 3.05) is 19.4 Å². The lowest BCUT2D eigenvalue weighted by Crippen LogP contribution is -2.33. The highest BCUT2D eigenvalue weighted by molar-refractivity contribution is 7.98. The van der Waals surface area contributed by atoms with E-state index in [9.17, 15) is 5.11 Å². The Morgan fingerprint density at radius 1 is 1.27 bits per heavy atom. The molecule has 118 valence electrons. The maximum absolute atomic E-state index is 9.69. The van der Waals surface area contributed by atoms with Crippen molar-refractivity contribution in [1.29, 1.82) is 0 Å². The van der Waals surface area contributed by atoms with E-state index < -0.39 is 6.10 Å². The van der Waals surface area contributed by atoms with Crippen molar-refractivity contribution in [2.24, 2.45) is 0 Å². The molecule has 0 bridgehead atoms. The summed E-state index contributed by atoms with van der Waals surface area (Å²) in [4.78, 5) is 3.66. The van der Waals surface area contributed by atoms with Crippen LogP contribution in [0.3, 0.4) is 0 Å². The molecule has 0 aliphatic carbocycles. The molecule has 2 aromatic rings. The van der Waals surface area contributed by atoms with E-state index >= 15 is 0 Å². The minimum absolute atomic E-state index is 0.290. The Kier molecular flexibility index (Phi) is 4.83. The van der Waals surface area contributed by atoms with Crippen LogP contribution in [0.5, 0.6) is 0 Å². The second kappa shape index (κ2) is 6.83. The highest BCUT2D eigenvalue weighted by atomic mass is 32.2. The average molecular weight is 319 g/mol. The second-order valence-corrected chi connectivity index (χ2v) is 6.42. The van der Waals surface area contributed by atoms with Gasteiger partial charge in [-0.05, 0) is 30.0 Å². The van der Waals surface area contributed by atoms with Gasteiger partial charge in [0.1, 0.15) is 6.10 Å². The molecule has 0 unspecified atom stereocenters. The van der Waals surface area contributed by atoms with Gasteiger partial charge in [-0.2, -0.15) is 5.10 Å². The van der Waals surface area contributed by atoms with Gasteiger partial charge in [0.15, 0.2) is 0 Å². The van der Waals surface area contributed by atoms with Crippen molar-refractivity contribution < 1.29 is 10.2 Å². The van der Waals surface area contributed by atoms with Gasteiger partial charge < -0.3 is 10.2 Å². The molecule has 1 aliphatic heterocycles. The van der Waals surface area contributed by atoms with E-state index in [2.05, 4.69) is 40.5 Å². The summed E-state index contributed by atoms with van der Waals surface area (Å²) in [5.41, 5.74) is 2.96. The van der Waals surface area contributed by atoms with Crippen molar-refractivity contribution in [3.05, 3.63) is 47.3 Å². The maximum Gasteiger partial charge on any atom is 0.121 e. The van der Waals surface area contributed by atoms with Crippen LogP contribution in [0, 0.1) is 0 Å². The third-order valence-electron chi connectivity index (χ3n) is 3.98. The second-order valence-electron chi connectivity index (χ2n) is 5.54. The Balaban J connectivity index is 1.67. The summed E-state index contributed by atoms with van der Waals surface area (Å²) in [5.74, 6) is 0. The lowest BCUT2D eigenvalue weighted by atomic mass is 10.2. The van der Waals surface area contributed by atoms with E-state index in [4.69, 9.17) is 5.11 Å². The van der Waals surface area contributed by atoms with Gasteiger partial charge in [-0.1, -0.05) is 12.1 Å². The summed E-state index contributed by atoms with van der Waals surface area (Å²) in [5, 5.41) is 23.1. The number of rotatable bonds is 5. The Hall–Kier alpha value is -1.34. The molecule has 0 radical (unpaired) electrons. The third kappa shape index (κ3) is 3.35. The fourth-order valence-corrected chi connectivity index (χ4v) is 3.13. The van der Waals surface area contributed by atoms with Crippen LogP contribution in [0.4, 0.5) is 0 Å². The quantitative estimate of drug-likeness (QED) is 0.821. The molecule has 2 heterocycles. The lowest BCUT2D eigenvalue weighted by Gasteiger charge is -2.27. The van der Waals surface area contributed by atoms with E-state index in [1.54, 1.807) is 11.8 Å². The highest BCUT2D eigenvalue weighted by Crippen LogP contribution is 2.20. The highest BCUT2D eigenvalue weighted by Gasteiger charge is 2.20. The van der Waals surface area contributed by atoms with E-state index in [0.29, 0.717) is 5.69 Å². The van der Waals surface area contributed by atoms with Crippen molar-refractivity contribution in [2.45, 2.75) is 30.6 Å². The maximum atomic E-state index is 9.69. The Morgan fingerprint density at radius 3 is 2.73 bits per heavy atom. The molecule has 3 rings (SSSR count). The molecule has 0 amide bonds. The molecule has 0 spiro atoms. The standard InChI is InChI=1S/C16H21N3O2S/c1-22-14-4-2-12(3-5-14)9-18-6-7-19-13(10-18)8-15(17-19)16(21)11-20/h2-5,8,16,20-21H,6-7,9-11H2,1H3/t16-/m1/s1. The number of nitrogens with zero attached hydrogens (tertiary/aromatic N) is 3. The first-order chi connectivity index (χ1) is 10.7. The van der Waals surface area contributed by atoms with Crippen LogP contribution < -0.4 is 0 Å². The van der Waals surface area contributed by atoms with Gasteiger partial charge in [-0.15, -0.1) is 11.8 Å². The number of aliphatic hydroxyl groups excluding tert-OH is 2. The van der Waals surface area contributed by atoms with Crippen molar-refractivity contribution in [1.82, 2.24) is 14.7 Å². The van der Waals surface area contributed by atoms with Crippen LogP contribution in [0.2, 0.25) is 0 Å². The number of hydrogen-bond acceptors (Lipinski definition) is 5. The molecule has 0 fully saturated rings. The van der Waals surface area contributed by atoms with Crippen LogP contribution in [0.15, 0.2) is 35.2 Å². The molecular weight excluding hydrogens is 298 g/mol. The molecule has 2 N–H and O–H groups in total. The van der Waals surface area contributed by atoms with E-state index in [0.717, 1.165) is 31.9 Å². The molecular formula is C16H21N3O2S. The minimum Gasteiger partial charge on any atom is -0.393 e. The number of fused-ring (bicyclic) bond motifs is 1. The molecule has 22 heavy (non-hydrogen) atoms. The summed E-state index contributed by atoms with van der Waals surface area (Å²) in [7, 11) is 0. The van der Waals surface area contributed by atoms with Gasteiger partial charge in [0.25, 0.3) is 0 Å².